The van der Waals surface area contributed by atoms with Crippen molar-refractivity contribution in [3.63, 3.8) is 0 Å². The first-order valence-corrected chi connectivity index (χ1v) is 16.5. The Morgan fingerprint density at radius 1 is 1.13 bits per heavy atom. The number of benzene rings is 1. The Balaban J connectivity index is 0.000000609. The van der Waals surface area contributed by atoms with Gasteiger partial charge in [0.05, 0.1) is 46.3 Å². The van der Waals surface area contributed by atoms with Gasteiger partial charge in [0.2, 0.25) is 17.7 Å². The van der Waals surface area contributed by atoms with Gasteiger partial charge in [-0.05, 0) is 49.8 Å². The third kappa shape index (κ3) is 5.54. The number of H-pyrrole nitrogens is 1. The van der Waals surface area contributed by atoms with Crippen LogP contribution in [0, 0.1) is 5.41 Å². The molecule has 4 aromatic heterocycles. The molecule has 0 unspecified atom stereocenters. The number of carbonyl (C=O) groups is 4. The van der Waals surface area contributed by atoms with Crippen LogP contribution in [0.15, 0.2) is 43.0 Å². The Kier molecular flexibility index (Phi) is 7.28. The zero-order valence-electron chi connectivity index (χ0n) is 31.0. The summed E-state index contributed by atoms with van der Waals surface area (Å²) in [6.07, 6.45) is 5.49. The Labute approximate surface area is 298 Å². The van der Waals surface area contributed by atoms with Gasteiger partial charge in [-0.25, -0.2) is 9.78 Å². The number of nitrogens with two attached hydrogens (primary N) is 1. The van der Waals surface area contributed by atoms with E-state index in [1.165, 1.54) is 0 Å². The van der Waals surface area contributed by atoms with Gasteiger partial charge in [0.15, 0.2) is 0 Å². The molecule has 3 aliphatic rings. The van der Waals surface area contributed by atoms with Crippen LogP contribution in [0.25, 0.3) is 44.3 Å². The monoisotopic (exact) mass is 722 g/mol. The molecule has 2 aliphatic carbocycles. The molecule has 1 spiro atoms. The number of nitrogens with one attached hydrogen (secondary N) is 2. The Morgan fingerprint density at radius 2 is 1.88 bits per heavy atom. The van der Waals surface area contributed by atoms with E-state index in [4.69, 9.17) is 24.7 Å². The molecule has 1 aliphatic heterocycles. The van der Waals surface area contributed by atoms with Gasteiger partial charge in [-0.15, -0.1) is 0 Å². The molecule has 5 heterocycles. The van der Waals surface area contributed by atoms with Crippen molar-refractivity contribution in [2.45, 2.75) is 62.6 Å². The van der Waals surface area contributed by atoms with E-state index in [1.807, 2.05) is 25.4 Å². The van der Waals surface area contributed by atoms with Gasteiger partial charge in [0.1, 0.15) is 5.65 Å². The second kappa shape index (κ2) is 12.2. The van der Waals surface area contributed by atoms with Crippen molar-refractivity contribution in [3.8, 4) is 22.4 Å². The molecule has 0 radical (unpaired) electrons. The third-order valence-corrected chi connectivity index (χ3v) is 10.6. The van der Waals surface area contributed by atoms with Crippen molar-refractivity contribution >= 4 is 51.3 Å². The first-order chi connectivity index (χ1) is 25.8. The van der Waals surface area contributed by atoms with Gasteiger partial charge in [-0.2, -0.15) is 23.4 Å². The minimum absolute atomic E-state index is 0.0208. The summed E-state index contributed by atoms with van der Waals surface area (Å²) in [4.78, 5) is 58.5. The number of hydrogen-bond acceptors (Lipinski definition) is 7. The number of carbonyl (C=O) groups excluding carboxylic acids is 3. The molecule has 272 valence electrons. The van der Waals surface area contributed by atoms with Crippen molar-refractivity contribution in [1.82, 2.24) is 34.8 Å². The Hall–Kier alpha value is -5.74. The maximum atomic E-state index is 14.3. The number of halogens is 3. The molecule has 0 bridgehead atoms. The maximum absolute atomic E-state index is 14.3. The number of aromatic amines is 1. The highest BCUT2D eigenvalue weighted by atomic mass is 19.4. The van der Waals surface area contributed by atoms with Gasteiger partial charge in [-0.1, -0.05) is 12.5 Å². The van der Waals surface area contributed by atoms with Gasteiger partial charge >= 0.3 is 12.1 Å². The van der Waals surface area contributed by atoms with Gasteiger partial charge in [-0.3, -0.25) is 23.7 Å². The van der Waals surface area contributed by atoms with Crippen LogP contribution in [-0.2, 0) is 38.6 Å². The molecule has 52 heavy (non-hydrogen) atoms. The van der Waals surface area contributed by atoms with Crippen LogP contribution >= 0.6 is 0 Å². The number of primary amides is 1. The van der Waals surface area contributed by atoms with Crippen LogP contribution < -0.4 is 16.0 Å². The first kappa shape index (κ1) is 31.0. The molecule has 17 heteroatoms. The molecule has 8 rings (SSSR count). The number of aryl methyl sites for hydroxylation is 2. The SMILES string of the molecule is O=C(O)C(F)(F)F.[2H]C([2H])([2H])n1ncc2cc(-c3c(-c4cnn(C)c4)[nH]c4ncc5c(c34)[C@]3(CC[C@@H](NC(=O)C4(CC(N)=O)CCC4)C3)C(=O)N5C)ccc21. The Bertz CT molecular complexity index is 2400. The zero-order chi connectivity index (χ0) is 39.8. The van der Waals surface area contributed by atoms with E-state index in [9.17, 15) is 27.6 Å². The molecule has 0 saturated heterocycles. The van der Waals surface area contributed by atoms with Crippen molar-refractivity contribution < 1.29 is 41.6 Å². The summed E-state index contributed by atoms with van der Waals surface area (Å²) in [5, 5.41) is 20.3. The topological polar surface area (TPSA) is 194 Å². The number of fused-ring (bicyclic) bond motifs is 5. The molecule has 2 atom stereocenters. The molecule has 1 aromatic carbocycles. The van der Waals surface area contributed by atoms with E-state index >= 15 is 0 Å². The van der Waals surface area contributed by atoms with Gasteiger partial charge in [0, 0.05) is 71.3 Å². The largest absolute Gasteiger partial charge is 0.490 e. The van der Waals surface area contributed by atoms with E-state index in [0.29, 0.717) is 54.3 Å². The molecule has 5 N–H and O–H groups in total. The first-order valence-electron chi connectivity index (χ1n) is 18.0. The molecular formula is C35H36F3N9O5. The molecule has 2 saturated carbocycles. The average Bonchev–Trinajstić information content (AvgIpc) is 3.91. The van der Waals surface area contributed by atoms with Crippen LogP contribution in [0.5, 0.6) is 0 Å². The fourth-order valence-corrected chi connectivity index (χ4v) is 8.01. The van der Waals surface area contributed by atoms with Crippen molar-refractivity contribution in [2.75, 3.05) is 11.9 Å². The average molecular weight is 723 g/mol. The number of hydrogen-bond donors (Lipinski definition) is 4. The normalized spacial score (nSPS) is 21.6. The number of alkyl halides is 3. The lowest BCUT2D eigenvalue weighted by Crippen LogP contribution is -2.50. The summed E-state index contributed by atoms with van der Waals surface area (Å²) in [6, 6.07) is 5.27. The van der Waals surface area contributed by atoms with Crippen LogP contribution in [0.1, 0.15) is 54.6 Å². The summed E-state index contributed by atoms with van der Waals surface area (Å²) >= 11 is 0. The summed E-state index contributed by atoms with van der Waals surface area (Å²) in [6.45, 7) is -2.43. The predicted octanol–water partition coefficient (Wildman–Crippen LogP) is 4.08. The lowest BCUT2D eigenvalue weighted by atomic mass is 9.65. The van der Waals surface area contributed by atoms with Crippen molar-refractivity contribution in [2.24, 2.45) is 25.2 Å². The third-order valence-electron chi connectivity index (χ3n) is 10.6. The number of likely N-dealkylation sites (N-methyl/N-ethyl adjacent to an activating group) is 1. The van der Waals surface area contributed by atoms with Crippen molar-refractivity contribution in [1.29, 1.82) is 0 Å². The summed E-state index contributed by atoms with van der Waals surface area (Å²) in [5.74, 6) is -3.46. The van der Waals surface area contributed by atoms with Gasteiger partial charge in [0.25, 0.3) is 0 Å². The number of aliphatic carboxylic acids is 1. The number of carboxylic acids is 1. The van der Waals surface area contributed by atoms with Crippen LogP contribution in [-0.4, -0.2) is 77.6 Å². The maximum Gasteiger partial charge on any atom is 0.490 e. The highest BCUT2D eigenvalue weighted by Crippen LogP contribution is 2.56. The van der Waals surface area contributed by atoms with E-state index in [0.717, 1.165) is 44.4 Å². The minimum atomic E-state index is -5.08. The van der Waals surface area contributed by atoms with E-state index in [-0.39, 0.29) is 24.3 Å². The predicted molar refractivity (Wildman–Crippen MR) is 183 cm³/mol. The lowest BCUT2D eigenvalue weighted by Gasteiger charge is -2.40. The van der Waals surface area contributed by atoms with Crippen molar-refractivity contribution in [3.05, 3.63) is 48.5 Å². The number of nitrogens with zero attached hydrogens (tertiary/aromatic N) is 6. The zero-order valence-corrected chi connectivity index (χ0v) is 28.0. The summed E-state index contributed by atoms with van der Waals surface area (Å²) < 4.78 is 58.2. The standard InChI is InChI=1S/C33H35N9O3.C2HF3O2/c1-40-17-20(15-36-40)28-25(18-5-6-22-19(11-18)14-37-42(22)3)26-27-23(16-35-29(26)39-28)41(2)31(45)33(27)10-7-21(12-33)38-30(44)32(8-4-9-32)13-24(34)43;3-2(4,5)1(6)7/h5-6,11,14-17,21H,4,7-10,12-13H2,1-3H3,(H2,34,43)(H,35,39)(H,38,44);(H,6,7)/t21-,33-;/m1./s1/i3D3;. The lowest BCUT2D eigenvalue weighted by molar-refractivity contribution is -0.192. The number of carboxylic acid groups (broad SMARTS) is 1. The number of anilines is 1. The molecule has 3 amide bonds. The van der Waals surface area contributed by atoms with E-state index in [2.05, 4.69) is 20.5 Å². The van der Waals surface area contributed by atoms with Gasteiger partial charge < -0.3 is 26.0 Å². The number of rotatable bonds is 6. The quantitative estimate of drug-likeness (QED) is 0.201. The van der Waals surface area contributed by atoms with Crippen LogP contribution in [0.4, 0.5) is 18.9 Å². The number of amides is 3. The highest BCUT2D eigenvalue weighted by molar-refractivity contribution is 6.16. The second-order valence-electron chi connectivity index (χ2n) is 13.8. The summed E-state index contributed by atoms with van der Waals surface area (Å²) in [7, 11) is 3.60. The van der Waals surface area contributed by atoms with E-state index < -0.39 is 35.9 Å². The molecule has 5 aromatic rings. The fraction of sp³-hybridized carbons (Fsp3) is 0.400. The minimum Gasteiger partial charge on any atom is -0.475 e. The number of aromatic nitrogens is 6. The Morgan fingerprint density at radius 3 is 2.50 bits per heavy atom. The fourth-order valence-electron chi connectivity index (χ4n) is 8.01. The highest BCUT2D eigenvalue weighted by Gasteiger charge is 2.56. The number of pyridine rings is 1. The van der Waals surface area contributed by atoms with Crippen LogP contribution in [0.3, 0.4) is 0 Å². The molecular weight excluding hydrogens is 683 g/mol. The van der Waals surface area contributed by atoms with E-state index in [1.54, 1.807) is 41.3 Å². The molecule has 14 nitrogen and oxygen atoms in total. The molecule has 2 fully saturated rings. The second-order valence-corrected chi connectivity index (χ2v) is 13.8. The summed E-state index contributed by atoms with van der Waals surface area (Å²) in [5.41, 5.74) is 9.66. The van der Waals surface area contributed by atoms with Crippen LogP contribution in [0.2, 0.25) is 0 Å². The smallest absolute Gasteiger partial charge is 0.475 e.